The minimum absolute atomic E-state index is 0. The Hall–Kier alpha value is -6.16. The van der Waals surface area contributed by atoms with Gasteiger partial charge in [0.15, 0.2) is 0 Å². The quantitative estimate of drug-likeness (QED) is 0.0141. The second-order valence-corrected chi connectivity index (χ2v) is 19.9. The van der Waals surface area contributed by atoms with Crippen LogP contribution >= 0.6 is 23.5 Å². The molecule has 0 fully saturated rings. The average Bonchev–Trinajstić information content (AvgIpc) is 3.75. The fraction of sp³-hybridized carbons (Fsp3) is 0.396. The van der Waals surface area contributed by atoms with Gasteiger partial charge in [-0.25, -0.2) is 8.42 Å². The van der Waals surface area contributed by atoms with E-state index in [1.165, 1.54) is 61.6 Å². The number of thioether (sulfide) groups is 2. The van der Waals surface area contributed by atoms with Crippen LogP contribution in [0.1, 0.15) is 49.8 Å². The van der Waals surface area contributed by atoms with E-state index in [2.05, 4.69) is 46.4 Å². The first-order valence-corrected chi connectivity index (χ1v) is 27.1. The van der Waals surface area contributed by atoms with Gasteiger partial charge in [0.25, 0.3) is 10.4 Å². The molecule has 0 unspecified atom stereocenters. The first-order chi connectivity index (χ1) is 35.1. The Morgan fingerprint density at radius 2 is 1.09 bits per heavy atom. The summed E-state index contributed by atoms with van der Waals surface area (Å²) in [6.07, 6.45) is 4.04. The van der Waals surface area contributed by atoms with E-state index in [0.717, 1.165) is 5.52 Å². The Kier molecular flexibility index (Phi) is 26.1. The van der Waals surface area contributed by atoms with Crippen molar-refractivity contribution in [2.24, 2.45) is 5.73 Å². The van der Waals surface area contributed by atoms with Gasteiger partial charge in [0.05, 0.1) is 6.42 Å². The number of primary amides is 1. The molecule has 4 aromatic rings. The maximum atomic E-state index is 14.4. The molecule has 400 valence electrons. The molecule has 75 heavy (non-hydrogen) atoms. The number of carbonyl (C=O) groups excluding carboxylic acids is 8. The third-order valence-electron chi connectivity index (χ3n) is 11.2. The summed E-state index contributed by atoms with van der Waals surface area (Å²) < 4.78 is 37.3. The second-order valence-electron chi connectivity index (χ2n) is 16.9. The number of carbonyl (C=O) groups is 9. The fourth-order valence-corrected chi connectivity index (χ4v) is 8.74. The minimum atomic E-state index is -5.05. The van der Waals surface area contributed by atoms with Crippen molar-refractivity contribution in [1.29, 1.82) is 0 Å². The number of fused-ring (bicyclic) bond motifs is 1. The van der Waals surface area contributed by atoms with E-state index in [4.69, 9.17) is 5.73 Å². The molecule has 0 saturated heterocycles. The van der Waals surface area contributed by atoms with E-state index >= 15 is 0 Å². The van der Waals surface area contributed by atoms with Gasteiger partial charge in [-0.1, -0.05) is 60.7 Å². The largest absolute Gasteiger partial charge is 1.00 e. The number of aliphatic carboxylic acids is 1. The van der Waals surface area contributed by atoms with Gasteiger partial charge < -0.3 is 61.8 Å². The topological polar surface area (TPSA) is 366 Å². The summed E-state index contributed by atoms with van der Waals surface area (Å²) in [5.41, 5.74) is 7.96. The zero-order chi connectivity index (χ0) is 54.5. The van der Waals surface area contributed by atoms with Crippen LogP contribution in [0.5, 0.6) is 5.75 Å². The summed E-state index contributed by atoms with van der Waals surface area (Å²) in [6.45, 7) is 2.52. The molecule has 0 aliphatic rings. The van der Waals surface area contributed by atoms with Crippen molar-refractivity contribution in [2.75, 3.05) is 24.0 Å². The zero-order valence-corrected chi connectivity index (χ0v) is 46.3. The van der Waals surface area contributed by atoms with Crippen LogP contribution in [0.2, 0.25) is 0 Å². The summed E-state index contributed by atoms with van der Waals surface area (Å²) in [7, 11) is -5.05. The van der Waals surface area contributed by atoms with Crippen LogP contribution in [-0.4, -0.2) is 143 Å². The molecule has 27 heteroatoms. The number of carboxylic acids is 1. The number of amides is 8. The van der Waals surface area contributed by atoms with Gasteiger partial charge in [-0.15, -0.1) is 0 Å². The monoisotopic (exact) mass is 1110 g/mol. The van der Waals surface area contributed by atoms with Crippen molar-refractivity contribution in [3.05, 3.63) is 102 Å². The molecule has 23 nitrogen and oxygen atoms in total. The van der Waals surface area contributed by atoms with Crippen LogP contribution in [0.15, 0.2) is 85.1 Å². The Bertz CT molecular complexity index is 2740. The molecule has 8 amide bonds. The number of aromatic nitrogens is 1. The van der Waals surface area contributed by atoms with Crippen LogP contribution in [0, 0.1) is 0 Å². The maximum absolute atomic E-state index is 14.4. The van der Waals surface area contributed by atoms with Gasteiger partial charge >= 0.3 is 35.5 Å². The van der Waals surface area contributed by atoms with E-state index in [1.807, 2.05) is 0 Å². The average molecular weight is 1110 g/mol. The van der Waals surface area contributed by atoms with Crippen LogP contribution in [-0.2, 0) is 72.8 Å². The van der Waals surface area contributed by atoms with E-state index in [9.17, 15) is 61.2 Å². The number of hydrogen-bond acceptors (Lipinski definition) is 15. The van der Waals surface area contributed by atoms with Crippen molar-refractivity contribution >= 4 is 98.1 Å². The molecule has 0 spiro atoms. The summed E-state index contributed by atoms with van der Waals surface area (Å²) in [5, 5.41) is 28.3. The molecule has 0 aliphatic carbocycles. The Labute approximate surface area is 464 Å². The number of benzene rings is 3. The Morgan fingerprint density at radius 1 is 0.627 bits per heavy atom. The van der Waals surface area contributed by atoms with Crippen molar-refractivity contribution in [1.82, 2.24) is 42.2 Å². The number of aromatic amines is 1. The molecule has 1 aromatic heterocycles. The number of nitrogens with two attached hydrogens (primary N) is 1. The Balaban J connectivity index is 0.0000148. The molecular weight excluding hydrogens is 1050 g/mol. The van der Waals surface area contributed by atoms with Gasteiger partial charge in [-0.3, -0.25) is 43.2 Å². The molecular formula is C48H60N9NaO14S3. The first kappa shape index (κ1) is 63.1. The summed E-state index contributed by atoms with van der Waals surface area (Å²) in [6, 6.07) is 11.3. The molecule has 11 N–H and O–H groups in total. The van der Waals surface area contributed by atoms with E-state index in [-0.39, 0.29) is 67.4 Å². The minimum Gasteiger partial charge on any atom is -0.716 e. The van der Waals surface area contributed by atoms with E-state index in [1.54, 1.807) is 73.3 Å². The molecule has 0 bridgehead atoms. The van der Waals surface area contributed by atoms with Gasteiger partial charge in [0.2, 0.25) is 47.3 Å². The predicted molar refractivity (Wildman–Crippen MR) is 275 cm³/mol. The molecule has 0 radical (unpaired) electrons. The van der Waals surface area contributed by atoms with E-state index in [0.29, 0.717) is 33.6 Å². The molecule has 0 aliphatic heterocycles. The third kappa shape index (κ3) is 21.5. The molecule has 1 heterocycles. The van der Waals surface area contributed by atoms with Crippen LogP contribution in [0.25, 0.3) is 10.9 Å². The van der Waals surface area contributed by atoms with Gasteiger partial charge in [0, 0.05) is 43.3 Å². The number of carboxylic acid groups (broad SMARTS) is 1. The van der Waals surface area contributed by atoms with Gasteiger partial charge in [0.1, 0.15) is 48.0 Å². The smallest absolute Gasteiger partial charge is 0.716 e. The zero-order valence-electron chi connectivity index (χ0n) is 41.8. The molecule has 7 atom stereocenters. The van der Waals surface area contributed by atoms with Gasteiger partial charge in [-0.05, 0) is 78.7 Å². The first-order valence-electron chi connectivity index (χ1n) is 23.0. The van der Waals surface area contributed by atoms with E-state index < -0.39 is 112 Å². The van der Waals surface area contributed by atoms with Crippen molar-refractivity contribution in [3.8, 4) is 5.75 Å². The molecule has 3 aromatic carbocycles. The fourth-order valence-electron chi connectivity index (χ4n) is 7.45. The number of rotatable bonds is 30. The van der Waals surface area contributed by atoms with Crippen molar-refractivity contribution in [3.63, 3.8) is 0 Å². The van der Waals surface area contributed by atoms with Crippen LogP contribution < -0.4 is 76.7 Å². The number of nitrogens with one attached hydrogen (secondary N) is 8. The maximum Gasteiger partial charge on any atom is 1.00 e. The Morgan fingerprint density at radius 3 is 1.64 bits per heavy atom. The summed E-state index contributed by atoms with van der Waals surface area (Å²) >= 11 is 2.69. The standard InChI is InChI=1S/C48H61N9O14S3.Na/c1-27(51-44(63)35(18-20-72-3)53-46(65)38(52-28(2)58)23-30-14-16-32(17-15-30)71-74(68,69)70)43(62)56-39(24-31-26-50-34-13-9-8-12-33(31)34)47(66)54-36(19-21-73-4)45(64)57-40(25-41(59)60)48(67)55-37(42(49)61)22-29-10-6-5-7-11-29;/h5-17,26-27,35-40,50H,18-25H2,1-4H3,(H2,49,61)(H,51,63)(H,52,58)(H,53,65)(H,54,66)(H,55,67)(H,56,62)(H,57,64)(H,59,60)(H,68,69,70);/q;+1/p-1/t27-,35+,36+,37+,38+,39+,40+;/m1./s1. The second kappa shape index (κ2) is 31.0. The third-order valence-corrected chi connectivity index (χ3v) is 12.9. The SMILES string of the molecule is CSCC[C@H](NC(=O)[C@H](Cc1c[nH]c2ccccc12)NC(=O)[C@@H](C)NC(=O)[C@H](CCSC)NC(=O)[C@H](Cc1ccc(OS(=O)(=O)[O-])cc1)NC(C)=O)C(=O)N[C@@H](CC(=O)O)C(=O)N[C@@H](Cc1ccccc1)C(N)=O.[Na+]. The summed E-state index contributed by atoms with van der Waals surface area (Å²) in [4.78, 5) is 123. The molecule has 0 saturated carbocycles. The number of H-pyrrole nitrogens is 1. The van der Waals surface area contributed by atoms with Gasteiger partial charge in [-0.2, -0.15) is 23.5 Å². The summed E-state index contributed by atoms with van der Waals surface area (Å²) in [5.74, 6) is -7.77. The van der Waals surface area contributed by atoms with Crippen LogP contribution in [0.3, 0.4) is 0 Å². The number of hydrogen-bond donors (Lipinski definition) is 10. The number of para-hydroxylation sites is 1. The molecule has 4 rings (SSSR count). The normalized spacial score (nSPS) is 13.9. The predicted octanol–water partition coefficient (Wildman–Crippen LogP) is -3.06. The van der Waals surface area contributed by atoms with Crippen molar-refractivity contribution < 1.29 is 95.0 Å². The van der Waals surface area contributed by atoms with Crippen molar-refractivity contribution in [2.45, 2.75) is 94.7 Å². The van der Waals surface area contributed by atoms with Crippen LogP contribution in [0.4, 0.5) is 0 Å².